The zero-order chi connectivity index (χ0) is 18.4. The van der Waals surface area contributed by atoms with Crippen LogP contribution in [0, 0.1) is 0 Å². The van der Waals surface area contributed by atoms with Crippen LogP contribution in [0.2, 0.25) is 10.0 Å². The molecule has 0 saturated heterocycles. The molecule has 0 aliphatic heterocycles. The number of nitrogens with zero attached hydrogens (tertiary/aromatic N) is 1. The molecule has 0 aliphatic rings. The van der Waals surface area contributed by atoms with Gasteiger partial charge in [0.05, 0.1) is 22.8 Å². The molecule has 0 saturated carbocycles. The van der Waals surface area contributed by atoms with Gasteiger partial charge in [-0.3, -0.25) is 0 Å². The lowest BCUT2D eigenvalue weighted by molar-refractivity contribution is -0.143. The first kappa shape index (κ1) is 19.4. The highest BCUT2D eigenvalue weighted by Gasteiger charge is 2.26. The van der Waals surface area contributed by atoms with Crippen LogP contribution in [-0.4, -0.2) is 25.9 Å². The normalized spacial score (nSPS) is 12.9. The number of hydrogen-bond acceptors (Lipinski definition) is 5. The molecule has 25 heavy (non-hydrogen) atoms. The van der Waals surface area contributed by atoms with E-state index in [0.717, 1.165) is 0 Å². The van der Waals surface area contributed by atoms with Crippen LogP contribution in [0.15, 0.2) is 58.6 Å². The molecule has 1 atom stereocenters. The van der Waals surface area contributed by atoms with Crippen LogP contribution in [0.5, 0.6) is 0 Å². The van der Waals surface area contributed by atoms with Gasteiger partial charge in [0.2, 0.25) is 0 Å². The number of carbonyl (C=O) groups is 1. The van der Waals surface area contributed by atoms with Gasteiger partial charge in [-0.2, -0.15) is 0 Å². The summed E-state index contributed by atoms with van der Waals surface area (Å²) in [6, 6.07) is 12.5. The highest BCUT2D eigenvalue weighted by atomic mass is 35.5. The number of rotatable bonds is 6. The van der Waals surface area contributed by atoms with Crippen molar-refractivity contribution < 1.29 is 18.0 Å². The minimum atomic E-state index is -3.66. The van der Waals surface area contributed by atoms with E-state index in [1.165, 1.54) is 37.4 Å². The number of hydrogen-bond donors (Lipinski definition) is 0. The van der Waals surface area contributed by atoms with Crippen LogP contribution in [0.4, 0.5) is 0 Å². The Labute approximate surface area is 156 Å². The number of halogens is 2. The van der Waals surface area contributed by atoms with Crippen molar-refractivity contribution in [2.75, 3.05) is 0 Å². The Balaban J connectivity index is 1.95. The third kappa shape index (κ3) is 5.56. The summed E-state index contributed by atoms with van der Waals surface area (Å²) in [5, 5.41) is 3.62. The zero-order valence-electron chi connectivity index (χ0n) is 13.2. The fourth-order valence-corrected chi connectivity index (χ4v) is 3.52. The van der Waals surface area contributed by atoms with Gasteiger partial charge in [0, 0.05) is 10.0 Å². The zero-order valence-corrected chi connectivity index (χ0v) is 15.6. The maximum Gasteiger partial charge on any atom is 0.336 e. The SMILES string of the molecule is CC(CC(=O)ON=Cc1ccc(Cl)cc1)S(=O)(=O)c1ccc(Cl)cc1. The Morgan fingerprint density at radius 3 is 2.16 bits per heavy atom. The number of carbonyl (C=O) groups excluding carboxylic acids is 1. The van der Waals surface area contributed by atoms with Crippen molar-refractivity contribution in [2.45, 2.75) is 23.5 Å². The smallest absolute Gasteiger partial charge is 0.318 e. The van der Waals surface area contributed by atoms with Crippen LogP contribution in [0.3, 0.4) is 0 Å². The van der Waals surface area contributed by atoms with Gasteiger partial charge in [-0.05, 0) is 48.9 Å². The van der Waals surface area contributed by atoms with E-state index in [2.05, 4.69) is 5.16 Å². The molecule has 1 unspecified atom stereocenters. The number of benzene rings is 2. The molecule has 2 aromatic carbocycles. The molecule has 0 amide bonds. The van der Waals surface area contributed by atoms with Crippen molar-refractivity contribution in [1.29, 1.82) is 0 Å². The van der Waals surface area contributed by atoms with Crippen molar-refractivity contribution in [3.05, 3.63) is 64.1 Å². The summed E-state index contributed by atoms with van der Waals surface area (Å²) in [7, 11) is -3.66. The fourth-order valence-electron chi connectivity index (χ4n) is 1.93. The van der Waals surface area contributed by atoms with Crippen LogP contribution >= 0.6 is 23.2 Å². The Morgan fingerprint density at radius 2 is 1.60 bits per heavy atom. The molecule has 0 N–H and O–H groups in total. The van der Waals surface area contributed by atoms with Crippen LogP contribution in [0.25, 0.3) is 0 Å². The Hall–Kier alpha value is -1.89. The average Bonchev–Trinajstić information content (AvgIpc) is 2.57. The van der Waals surface area contributed by atoms with E-state index in [1.54, 1.807) is 24.3 Å². The summed E-state index contributed by atoms with van der Waals surface area (Å²) in [5.41, 5.74) is 0.694. The molecule has 0 aromatic heterocycles. The second kappa shape index (κ2) is 8.47. The number of sulfone groups is 1. The molecule has 0 heterocycles. The van der Waals surface area contributed by atoms with E-state index >= 15 is 0 Å². The summed E-state index contributed by atoms with van der Waals surface area (Å²) < 4.78 is 24.8. The fraction of sp³-hybridized carbons (Fsp3) is 0.176. The maximum atomic E-state index is 12.4. The maximum absolute atomic E-state index is 12.4. The molecule has 8 heteroatoms. The Bertz CT molecular complexity index is 863. The lowest BCUT2D eigenvalue weighted by atomic mass is 10.2. The summed E-state index contributed by atoms with van der Waals surface area (Å²) in [6.07, 6.45) is 1.02. The molecule has 0 fully saturated rings. The summed E-state index contributed by atoms with van der Waals surface area (Å²) in [6.45, 7) is 1.44. The van der Waals surface area contributed by atoms with E-state index in [1.807, 2.05) is 0 Å². The van der Waals surface area contributed by atoms with E-state index in [-0.39, 0.29) is 11.3 Å². The highest BCUT2D eigenvalue weighted by Crippen LogP contribution is 2.20. The molecule has 2 aromatic rings. The van der Waals surface area contributed by atoms with Crippen LogP contribution in [-0.2, 0) is 19.5 Å². The topological polar surface area (TPSA) is 72.8 Å². The first-order valence-electron chi connectivity index (χ1n) is 7.27. The van der Waals surface area contributed by atoms with E-state index in [4.69, 9.17) is 28.0 Å². The molecular formula is C17H15Cl2NO4S. The molecule has 0 radical (unpaired) electrons. The van der Waals surface area contributed by atoms with Crippen molar-refractivity contribution in [3.63, 3.8) is 0 Å². The first-order valence-corrected chi connectivity index (χ1v) is 9.57. The van der Waals surface area contributed by atoms with Gasteiger partial charge in [0.1, 0.15) is 0 Å². The first-order chi connectivity index (χ1) is 11.8. The Morgan fingerprint density at radius 1 is 1.08 bits per heavy atom. The van der Waals surface area contributed by atoms with E-state index in [0.29, 0.717) is 15.6 Å². The molecule has 0 spiro atoms. The molecule has 0 bridgehead atoms. The molecule has 5 nitrogen and oxygen atoms in total. The quantitative estimate of drug-likeness (QED) is 0.415. The van der Waals surface area contributed by atoms with Gasteiger partial charge in [-0.15, -0.1) is 0 Å². The number of oxime groups is 1. The molecule has 2 rings (SSSR count). The average molecular weight is 400 g/mol. The predicted molar refractivity (Wildman–Crippen MR) is 97.9 cm³/mol. The van der Waals surface area contributed by atoms with Gasteiger partial charge in [-0.1, -0.05) is 40.5 Å². The second-order valence-electron chi connectivity index (χ2n) is 5.26. The second-order valence-corrected chi connectivity index (χ2v) is 8.50. The van der Waals surface area contributed by atoms with Gasteiger partial charge < -0.3 is 4.84 Å². The monoisotopic (exact) mass is 399 g/mol. The third-order valence-corrected chi connectivity index (χ3v) is 6.01. The van der Waals surface area contributed by atoms with Crippen LogP contribution < -0.4 is 0 Å². The lowest BCUT2D eigenvalue weighted by Crippen LogP contribution is -2.22. The summed E-state index contributed by atoms with van der Waals surface area (Å²) >= 11 is 11.5. The van der Waals surface area contributed by atoms with Gasteiger partial charge >= 0.3 is 5.97 Å². The molecular weight excluding hydrogens is 385 g/mol. The minimum Gasteiger partial charge on any atom is -0.318 e. The van der Waals surface area contributed by atoms with Gasteiger partial charge in [0.15, 0.2) is 9.84 Å². The predicted octanol–water partition coefficient (Wildman–Crippen LogP) is 4.12. The van der Waals surface area contributed by atoms with Gasteiger partial charge in [0.25, 0.3) is 0 Å². The standard InChI is InChI=1S/C17H15Cl2NO4S/c1-12(25(22,23)16-8-6-15(19)7-9-16)10-17(21)24-20-11-13-2-4-14(18)5-3-13/h2-9,11-12H,10H2,1H3. The summed E-state index contributed by atoms with van der Waals surface area (Å²) in [5.74, 6) is -0.741. The van der Waals surface area contributed by atoms with Crippen molar-refractivity contribution >= 4 is 45.2 Å². The lowest BCUT2D eigenvalue weighted by Gasteiger charge is -2.11. The van der Waals surface area contributed by atoms with Crippen molar-refractivity contribution in [1.82, 2.24) is 0 Å². The largest absolute Gasteiger partial charge is 0.336 e. The third-order valence-electron chi connectivity index (χ3n) is 3.35. The molecule has 0 aliphatic carbocycles. The molecule has 132 valence electrons. The van der Waals surface area contributed by atoms with Crippen LogP contribution in [0.1, 0.15) is 18.9 Å². The Kier molecular flexibility index (Phi) is 6.58. The highest BCUT2D eigenvalue weighted by molar-refractivity contribution is 7.92. The summed E-state index contributed by atoms with van der Waals surface area (Å²) in [4.78, 5) is 16.6. The van der Waals surface area contributed by atoms with Crippen molar-refractivity contribution in [2.24, 2.45) is 5.16 Å². The minimum absolute atomic E-state index is 0.0989. The van der Waals surface area contributed by atoms with E-state index < -0.39 is 21.1 Å². The van der Waals surface area contributed by atoms with E-state index in [9.17, 15) is 13.2 Å². The van der Waals surface area contributed by atoms with Crippen molar-refractivity contribution in [3.8, 4) is 0 Å². The van der Waals surface area contributed by atoms with Gasteiger partial charge in [-0.25, -0.2) is 13.2 Å².